The van der Waals surface area contributed by atoms with Crippen molar-refractivity contribution in [3.05, 3.63) is 33.8 Å². The highest BCUT2D eigenvalue weighted by Crippen LogP contribution is 2.18. The fourth-order valence-electron chi connectivity index (χ4n) is 1.64. The molecule has 0 radical (unpaired) electrons. The Morgan fingerprint density at radius 3 is 2.88 bits per heavy atom. The molecule has 1 aliphatic rings. The van der Waals surface area contributed by atoms with Gasteiger partial charge in [0, 0.05) is 17.1 Å². The van der Waals surface area contributed by atoms with Crippen LogP contribution in [0.4, 0.5) is 0 Å². The van der Waals surface area contributed by atoms with Crippen LogP contribution in [0.2, 0.25) is 0 Å². The molecular weight excluding hydrogens is 280 g/mol. The van der Waals surface area contributed by atoms with Gasteiger partial charge in [-0.05, 0) is 37.0 Å². The molecule has 2 N–H and O–H groups in total. The molecular formula is C13H17BrN2O. The van der Waals surface area contributed by atoms with Crippen LogP contribution < -0.4 is 10.6 Å². The molecule has 1 amide bonds. The Labute approximate surface area is 110 Å². The van der Waals surface area contributed by atoms with Gasteiger partial charge in [-0.1, -0.05) is 28.1 Å². The fourth-order valence-corrected chi connectivity index (χ4v) is 1.89. The van der Waals surface area contributed by atoms with E-state index in [0.29, 0.717) is 12.6 Å². The van der Waals surface area contributed by atoms with Crippen molar-refractivity contribution in [1.29, 1.82) is 0 Å². The monoisotopic (exact) mass is 296 g/mol. The first-order valence-electron chi connectivity index (χ1n) is 5.90. The third-order valence-electron chi connectivity index (χ3n) is 2.78. The molecule has 1 aromatic carbocycles. The van der Waals surface area contributed by atoms with Gasteiger partial charge in [-0.3, -0.25) is 4.79 Å². The number of aryl methyl sites for hydroxylation is 1. The highest BCUT2D eigenvalue weighted by Gasteiger charge is 2.22. The van der Waals surface area contributed by atoms with Gasteiger partial charge in [-0.2, -0.15) is 0 Å². The van der Waals surface area contributed by atoms with Crippen LogP contribution in [0.15, 0.2) is 22.7 Å². The predicted octanol–water partition coefficient (Wildman–Crippen LogP) is 2.13. The number of amides is 1. The van der Waals surface area contributed by atoms with E-state index in [1.165, 1.54) is 11.1 Å². The molecule has 0 aliphatic heterocycles. The number of carbonyl (C=O) groups excluding carboxylic acids is 1. The molecule has 4 heteroatoms. The van der Waals surface area contributed by atoms with Crippen molar-refractivity contribution in [2.45, 2.75) is 32.4 Å². The molecule has 1 aliphatic carbocycles. The quantitative estimate of drug-likeness (QED) is 0.874. The first kappa shape index (κ1) is 12.6. The molecule has 0 saturated heterocycles. The van der Waals surface area contributed by atoms with Crippen molar-refractivity contribution in [2.75, 3.05) is 6.54 Å². The number of halogens is 1. The number of hydrogen-bond acceptors (Lipinski definition) is 2. The maximum Gasteiger partial charge on any atom is 0.234 e. The number of hydrogen-bond donors (Lipinski definition) is 2. The second-order valence-electron chi connectivity index (χ2n) is 4.53. The van der Waals surface area contributed by atoms with Crippen LogP contribution >= 0.6 is 15.9 Å². The second-order valence-corrected chi connectivity index (χ2v) is 5.38. The van der Waals surface area contributed by atoms with Crippen molar-refractivity contribution in [1.82, 2.24) is 10.6 Å². The van der Waals surface area contributed by atoms with E-state index in [0.717, 1.165) is 23.9 Å². The molecule has 1 aromatic rings. The van der Waals surface area contributed by atoms with Crippen molar-refractivity contribution < 1.29 is 4.79 Å². The minimum Gasteiger partial charge on any atom is -0.352 e. The van der Waals surface area contributed by atoms with Gasteiger partial charge >= 0.3 is 0 Å². The lowest BCUT2D eigenvalue weighted by Gasteiger charge is -2.07. The summed E-state index contributed by atoms with van der Waals surface area (Å²) in [6.45, 7) is 3.19. The van der Waals surface area contributed by atoms with Crippen LogP contribution in [0.25, 0.3) is 0 Å². The highest BCUT2D eigenvalue weighted by molar-refractivity contribution is 9.10. The summed E-state index contributed by atoms with van der Waals surface area (Å²) in [4.78, 5) is 11.4. The van der Waals surface area contributed by atoms with Gasteiger partial charge in [0.1, 0.15) is 0 Å². The summed E-state index contributed by atoms with van der Waals surface area (Å²) in [7, 11) is 0. The van der Waals surface area contributed by atoms with Gasteiger partial charge in [0.2, 0.25) is 5.91 Å². The number of benzene rings is 1. The zero-order chi connectivity index (χ0) is 12.3. The first-order chi connectivity index (χ1) is 8.15. The third-order valence-corrected chi connectivity index (χ3v) is 3.67. The third kappa shape index (κ3) is 4.13. The summed E-state index contributed by atoms with van der Waals surface area (Å²) < 4.78 is 1.12. The maximum atomic E-state index is 11.4. The lowest BCUT2D eigenvalue weighted by molar-refractivity contribution is -0.120. The summed E-state index contributed by atoms with van der Waals surface area (Å²) in [6, 6.07) is 6.66. The van der Waals surface area contributed by atoms with Crippen LogP contribution in [0.3, 0.4) is 0 Å². The van der Waals surface area contributed by atoms with Crippen molar-refractivity contribution >= 4 is 21.8 Å². The first-order valence-corrected chi connectivity index (χ1v) is 6.69. The van der Waals surface area contributed by atoms with E-state index in [2.05, 4.69) is 45.6 Å². The van der Waals surface area contributed by atoms with Gasteiger partial charge in [0.15, 0.2) is 0 Å². The Morgan fingerprint density at radius 1 is 1.47 bits per heavy atom. The number of rotatable bonds is 5. The molecule has 1 saturated carbocycles. The summed E-state index contributed by atoms with van der Waals surface area (Å²) in [5.41, 5.74) is 2.41. The molecule has 17 heavy (non-hydrogen) atoms. The van der Waals surface area contributed by atoms with E-state index in [1.807, 2.05) is 6.07 Å². The van der Waals surface area contributed by atoms with E-state index >= 15 is 0 Å². The van der Waals surface area contributed by atoms with E-state index in [1.54, 1.807) is 0 Å². The van der Waals surface area contributed by atoms with E-state index in [9.17, 15) is 4.79 Å². The zero-order valence-corrected chi connectivity index (χ0v) is 11.5. The normalized spacial score (nSPS) is 14.7. The lowest BCUT2D eigenvalue weighted by atomic mass is 10.1. The minimum absolute atomic E-state index is 0.0985. The Kier molecular flexibility index (Phi) is 4.18. The van der Waals surface area contributed by atoms with Gasteiger partial charge < -0.3 is 10.6 Å². The largest absolute Gasteiger partial charge is 0.352 e. The Bertz CT molecular complexity index is 416. The van der Waals surface area contributed by atoms with Crippen LogP contribution in [-0.2, 0) is 11.3 Å². The molecule has 0 spiro atoms. The number of nitrogens with one attached hydrogen (secondary N) is 2. The molecule has 2 rings (SSSR count). The summed E-state index contributed by atoms with van der Waals surface area (Å²) >= 11 is 3.47. The zero-order valence-electron chi connectivity index (χ0n) is 9.92. The van der Waals surface area contributed by atoms with Crippen LogP contribution in [-0.4, -0.2) is 18.5 Å². The maximum absolute atomic E-state index is 11.4. The topological polar surface area (TPSA) is 41.1 Å². The van der Waals surface area contributed by atoms with Gasteiger partial charge in [-0.15, -0.1) is 0 Å². The van der Waals surface area contributed by atoms with Crippen LogP contribution in [0.5, 0.6) is 0 Å². The molecule has 92 valence electrons. The Morgan fingerprint density at radius 2 is 2.24 bits per heavy atom. The van der Waals surface area contributed by atoms with Crippen molar-refractivity contribution in [2.24, 2.45) is 0 Å². The smallest absolute Gasteiger partial charge is 0.234 e. The summed E-state index contributed by atoms with van der Waals surface area (Å²) in [5.74, 6) is 0.0985. The Hall–Kier alpha value is -0.870. The van der Waals surface area contributed by atoms with Crippen LogP contribution in [0, 0.1) is 6.92 Å². The highest BCUT2D eigenvalue weighted by atomic mass is 79.9. The SMILES string of the molecule is Cc1cc(CNCC(=O)NC2CC2)ccc1Br. The van der Waals surface area contributed by atoms with E-state index in [-0.39, 0.29) is 5.91 Å². The molecule has 3 nitrogen and oxygen atoms in total. The van der Waals surface area contributed by atoms with E-state index in [4.69, 9.17) is 0 Å². The molecule has 0 heterocycles. The van der Waals surface area contributed by atoms with Crippen molar-refractivity contribution in [3.8, 4) is 0 Å². The summed E-state index contributed by atoms with van der Waals surface area (Å²) in [5, 5.41) is 6.11. The lowest BCUT2D eigenvalue weighted by Crippen LogP contribution is -2.34. The molecule has 0 atom stereocenters. The molecule has 0 aromatic heterocycles. The second kappa shape index (κ2) is 5.65. The number of carbonyl (C=O) groups is 1. The van der Waals surface area contributed by atoms with E-state index < -0.39 is 0 Å². The average Bonchev–Trinajstić information content (AvgIpc) is 3.07. The molecule has 1 fully saturated rings. The van der Waals surface area contributed by atoms with Crippen molar-refractivity contribution in [3.63, 3.8) is 0 Å². The van der Waals surface area contributed by atoms with Gasteiger partial charge in [0.05, 0.1) is 6.54 Å². The summed E-state index contributed by atoms with van der Waals surface area (Å²) in [6.07, 6.45) is 2.27. The van der Waals surface area contributed by atoms with Crippen LogP contribution in [0.1, 0.15) is 24.0 Å². The van der Waals surface area contributed by atoms with Gasteiger partial charge in [-0.25, -0.2) is 0 Å². The average molecular weight is 297 g/mol. The predicted molar refractivity (Wildman–Crippen MR) is 71.8 cm³/mol. The Balaban J connectivity index is 1.73. The standard InChI is InChI=1S/C13H17BrN2O/c1-9-6-10(2-5-12(9)14)7-15-8-13(17)16-11-3-4-11/h2,5-6,11,15H,3-4,7-8H2,1H3,(H,16,17). The molecule has 0 unspecified atom stereocenters. The fraction of sp³-hybridized carbons (Fsp3) is 0.462. The molecule has 0 bridgehead atoms. The van der Waals surface area contributed by atoms with Gasteiger partial charge in [0.25, 0.3) is 0 Å². The minimum atomic E-state index is 0.0985.